The molecule has 0 saturated carbocycles. The molecule has 0 aliphatic carbocycles. The van der Waals surface area contributed by atoms with Crippen LogP contribution in [-0.2, 0) is 11.3 Å². The number of ether oxygens (including phenoxy) is 4. The Morgan fingerprint density at radius 3 is 2.35 bits per heavy atom. The van der Waals surface area contributed by atoms with Gasteiger partial charge in [-0.25, -0.2) is 4.79 Å². The molecule has 122 valence electrons. The van der Waals surface area contributed by atoms with Crippen LogP contribution in [0.1, 0.15) is 15.9 Å². The lowest BCUT2D eigenvalue weighted by atomic mass is 10.1. The predicted octanol–water partition coefficient (Wildman–Crippen LogP) is 3.72. The highest BCUT2D eigenvalue weighted by atomic mass is 35.5. The fourth-order valence-corrected chi connectivity index (χ4v) is 2.33. The van der Waals surface area contributed by atoms with Gasteiger partial charge in [-0.15, -0.1) is 0 Å². The molecular weight excluding hydrogens is 320 g/mol. The third kappa shape index (κ3) is 3.87. The first-order valence-electron chi connectivity index (χ1n) is 6.81. The maximum atomic E-state index is 12.3. The Morgan fingerprint density at radius 2 is 1.74 bits per heavy atom. The van der Waals surface area contributed by atoms with Gasteiger partial charge in [0, 0.05) is 5.02 Å². The number of methoxy groups -OCH3 is 3. The first-order chi connectivity index (χ1) is 11.1. The molecule has 2 rings (SSSR count). The lowest BCUT2D eigenvalue weighted by Gasteiger charge is -2.15. The molecule has 0 unspecified atom stereocenters. The molecule has 2 aromatic carbocycles. The summed E-state index contributed by atoms with van der Waals surface area (Å²) in [5.41, 5.74) is 1.05. The van der Waals surface area contributed by atoms with E-state index < -0.39 is 5.97 Å². The zero-order chi connectivity index (χ0) is 16.8. The fourth-order valence-electron chi connectivity index (χ4n) is 2.12. The van der Waals surface area contributed by atoms with E-state index in [4.69, 9.17) is 30.5 Å². The van der Waals surface area contributed by atoms with E-state index in [0.29, 0.717) is 16.5 Å². The van der Waals surface area contributed by atoms with Crippen LogP contribution in [0.3, 0.4) is 0 Å². The van der Waals surface area contributed by atoms with Crippen LogP contribution < -0.4 is 14.2 Å². The van der Waals surface area contributed by atoms with Gasteiger partial charge in [0.05, 0.1) is 21.3 Å². The van der Waals surface area contributed by atoms with Crippen LogP contribution in [0.2, 0.25) is 5.02 Å². The molecule has 0 radical (unpaired) electrons. The molecule has 0 aliphatic rings. The number of rotatable bonds is 6. The zero-order valence-corrected chi connectivity index (χ0v) is 13.8. The highest BCUT2D eigenvalue weighted by Crippen LogP contribution is 2.40. The molecule has 23 heavy (non-hydrogen) atoms. The molecule has 0 amide bonds. The molecule has 0 heterocycles. The fraction of sp³-hybridized carbons (Fsp3) is 0.235. The van der Waals surface area contributed by atoms with Crippen molar-refractivity contribution in [1.29, 1.82) is 0 Å². The summed E-state index contributed by atoms with van der Waals surface area (Å²) in [4.78, 5) is 12.3. The van der Waals surface area contributed by atoms with Crippen molar-refractivity contribution in [2.45, 2.75) is 6.61 Å². The van der Waals surface area contributed by atoms with Crippen molar-refractivity contribution in [3.05, 3.63) is 52.5 Å². The van der Waals surface area contributed by atoms with Gasteiger partial charge in [0.2, 0.25) is 5.75 Å². The second-order valence-corrected chi connectivity index (χ2v) is 5.02. The summed E-state index contributed by atoms with van der Waals surface area (Å²) in [5.74, 6) is 0.550. The normalized spacial score (nSPS) is 10.1. The van der Waals surface area contributed by atoms with E-state index in [2.05, 4.69) is 0 Å². The van der Waals surface area contributed by atoms with Gasteiger partial charge >= 0.3 is 5.97 Å². The van der Waals surface area contributed by atoms with Gasteiger partial charge in [0.25, 0.3) is 0 Å². The van der Waals surface area contributed by atoms with Crippen LogP contribution in [-0.4, -0.2) is 27.3 Å². The largest absolute Gasteiger partial charge is 0.493 e. The lowest BCUT2D eigenvalue weighted by molar-refractivity contribution is 0.0468. The predicted molar refractivity (Wildman–Crippen MR) is 86.7 cm³/mol. The molecule has 0 aromatic heterocycles. The van der Waals surface area contributed by atoms with Crippen molar-refractivity contribution < 1.29 is 23.7 Å². The van der Waals surface area contributed by atoms with Gasteiger partial charge in [-0.2, -0.15) is 0 Å². The van der Waals surface area contributed by atoms with Gasteiger partial charge in [-0.05, 0) is 29.8 Å². The minimum absolute atomic E-state index is 0.108. The van der Waals surface area contributed by atoms with Crippen molar-refractivity contribution in [2.24, 2.45) is 0 Å². The molecule has 0 atom stereocenters. The maximum absolute atomic E-state index is 12.3. The summed E-state index contributed by atoms with van der Waals surface area (Å²) in [7, 11) is 4.43. The van der Waals surface area contributed by atoms with Crippen LogP contribution in [0.5, 0.6) is 17.2 Å². The second kappa shape index (κ2) is 7.74. The summed E-state index contributed by atoms with van der Waals surface area (Å²) in [5, 5.41) is 0.585. The average Bonchev–Trinajstić information content (AvgIpc) is 2.58. The smallest absolute Gasteiger partial charge is 0.342 e. The molecule has 0 N–H and O–H groups in total. The Labute approximate surface area is 139 Å². The number of esters is 1. The van der Waals surface area contributed by atoms with E-state index in [1.165, 1.54) is 21.3 Å². The average molecular weight is 337 g/mol. The molecule has 2 aromatic rings. The number of hydrogen-bond acceptors (Lipinski definition) is 5. The summed E-state index contributed by atoms with van der Waals surface area (Å²) >= 11 is 5.91. The second-order valence-electron chi connectivity index (χ2n) is 4.59. The maximum Gasteiger partial charge on any atom is 0.342 e. The Hall–Kier alpha value is -2.40. The van der Waals surface area contributed by atoms with Crippen molar-refractivity contribution in [1.82, 2.24) is 0 Å². The molecule has 5 nitrogen and oxygen atoms in total. The van der Waals surface area contributed by atoms with Crippen LogP contribution in [0.15, 0.2) is 36.4 Å². The number of halogens is 1. The van der Waals surface area contributed by atoms with Crippen molar-refractivity contribution in [2.75, 3.05) is 21.3 Å². The first-order valence-corrected chi connectivity index (χ1v) is 7.19. The van der Waals surface area contributed by atoms with Crippen LogP contribution in [0, 0.1) is 0 Å². The lowest BCUT2D eigenvalue weighted by Crippen LogP contribution is -2.08. The molecule has 0 aliphatic heterocycles. The molecule has 0 saturated heterocycles. The van der Waals surface area contributed by atoms with Gasteiger partial charge in [-0.3, -0.25) is 0 Å². The third-order valence-corrected chi connectivity index (χ3v) is 3.42. The van der Waals surface area contributed by atoms with E-state index in [1.54, 1.807) is 30.3 Å². The molecule has 0 spiro atoms. The van der Waals surface area contributed by atoms with E-state index in [1.807, 2.05) is 6.07 Å². The van der Waals surface area contributed by atoms with Gasteiger partial charge < -0.3 is 18.9 Å². The SMILES string of the molecule is COc1ccc(C(=O)OCc2cccc(Cl)c2)c(OC)c1OC. The van der Waals surface area contributed by atoms with Crippen LogP contribution in [0.4, 0.5) is 0 Å². The van der Waals surface area contributed by atoms with Gasteiger partial charge in [0.15, 0.2) is 11.5 Å². The van der Waals surface area contributed by atoms with Crippen molar-refractivity contribution in [3.8, 4) is 17.2 Å². The molecule has 0 fully saturated rings. The minimum Gasteiger partial charge on any atom is -0.493 e. The number of benzene rings is 2. The Kier molecular flexibility index (Phi) is 5.71. The standard InChI is InChI=1S/C17H17ClO5/c1-20-14-8-7-13(15(21-2)16(14)22-3)17(19)23-10-11-5-4-6-12(18)9-11/h4-9H,10H2,1-3H3. The van der Waals surface area contributed by atoms with E-state index >= 15 is 0 Å². The number of hydrogen-bond donors (Lipinski definition) is 0. The van der Waals surface area contributed by atoms with Gasteiger partial charge in [-0.1, -0.05) is 23.7 Å². The summed E-state index contributed by atoms with van der Waals surface area (Å²) in [6.45, 7) is 0.108. The van der Waals surface area contributed by atoms with E-state index in [-0.39, 0.29) is 17.9 Å². The Morgan fingerprint density at radius 1 is 1.00 bits per heavy atom. The van der Waals surface area contributed by atoms with Crippen LogP contribution in [0.25, 0.3) is 0 Å². The van der Waals surface area contributed by atoms with E-state index in [0.717, 1.165) is 5.56 Å². The number of carbonyl (C=O) groups is 1. The van der Waals surface area contributed by atoms with Gasteiger partial charge in [0.1, 0.15) is 12.2 Å². The molecular formula is C17H17ClO5. The summed E-state index contributed by atoms with van der Waals surface area (Å²) in [6.07, 6.45) is 0. The Balaban J connectivity index is 2.22. The summed E-state index contributed by atoms with van der Waals surface area (Å²) in [6, 6.07) is 10.3. The summed E-state index contributed by atoms with van der Waals surface area (Å²) < 4.78 is 21.0. The third-order valence-electron chi connectivity index (χ3n) is 3.18. The van der Waals surface area contributed by atoms with Crippen LogP contribution >= 0.6 is 11.6 Å². The first kappa shape index (κ1) is 17.0. The van der Waals surface area contributed by atoms with Crippen molar-refractivity contribution in [3.63, 3.8) is 0 Å². The molecule has 6 heteroatoms. The minimum atomic E-state index is -0.525. The highest BCUT2D eigenvalue weighted by molar-refractivity contribution is 6.30. The van der Waals surface area contributed by atoms with Crippen molar-refractivity contribution >= 4 is 17.6 Å². The van der Waals surface area contributed by atoms with E-state index in [9.17, 15) is 4.79 Å². The highest BCUT2D eigenvalue weighted by Gasteiger charge is 2.21. The number of carbonyl (C=O) groups excluding carboxylic acids is 1. The Bertz CT molecular complexity index is 699. The zero-order valence-electron chi connectivity index (χ0n) is 13.1. The quantitative estimate of drug-likeness (QED) is 0.752. The monoisotopic (exact) mass is 336 g/mol. The topological polar surface area (TPSA) is 54.0 Å². The molecule has 0 bridgehead atoms.